The molecule has 0 aromatic heterocycles. The Hall–Kier alpha value is 0.844. The summed E-state index contributed by atoms with van der Waals surface area (Å²) in [6, 6.07) is 0. The van der Waals surface area contributed by atoms with E-state index in [2.05, 4.69) is 50.5 Å². The van der Waals surface area contributed by atoms with Gasteiger partial charge in [-0.2, -0.15) is 0 Å². The third-order valence-corrected chi connectivity index (χ3v) is 55.8. The SMILES string of the molecule is C[Si]1(C)[C]2(C=CC3=C2CCCC3)[Hf+2][C]2(C=CC3=C2CCCC3)[Si]1(C)C.[Cl-].[Cl-]. The van der Waals surface area contributed by atoms with Gasteiger partial charge in [0.05, 0.1) is 0 Å². The quantitative estimate of drug-likeness (QED) is 0.362. The van der Waals surface area contributed by atoms with Gasteiger partial charge in [0.1, 0.15) is 0 Å². The predicted molar refractivity (Wildman–Crippen MR) is 110 cm³/mol. The Morgan fingerprint density at radius 2 is 1.04 bits per heavy atom. The summed E-state index contributed by atoms with van der Waals surface area (Å²) in [6.45, 7) is 11.4. The number of hydrogen-bond donors (Lipinski definition) is 0. The second-order valence-corrected chi connectivity index (χ2v) is 35.8. The third-order valence-electron chi connectivity index (χ3n) is 8.97. The molecule has 5 aliphatic rings. The van der Waals surface area contributed by atoms with Crippen molar-refractivity contribution in [3.05, 3.63) is 46.6 Å². The summed E-state index contributed by atoms with van der Waals surface area (Å²) in [5.41, 5.74) is 7.63. The molecule has 0 amide bonds. The minimum Gasteiger partial charge on any atom is -1.00 e. The minimum absolute atomic E-state index is 0. The van der Waals surface area contributed by atoms with E-state index in [1.165, 1.54) is 51.4 Å². The van der Waals surface area contributed by atoms with E-state index >= 15 is 0 Å². The van der Waals surface area contributed by atoms with E-state index in [0.717, 1.165) is 0 Å². The minimum atomic E-state index is -1.31. The standard InChI is InChI=1S/C22H32Si2.2ClH.Hf/c1-23(2,21-15-13-17-9-5-7-11-19(17)21)24(3,4)22-16-14-18-10-6-8-12-20(18)22;;;/h13-16H,5-12H2,1-4H3;2*1H;/q;;;+2/p-2. The van der Waals surface area contributed by atoms with E-state index in [4.69, 9.17) is 0 Å². The molecule has 0 bridgehead atoms. The Labute approximate surface area is 191 Å². The summed E-state index contributed by atoms with van der Waals surface area (Å²) < 4.78 is 1.37. The van der Waals surface area contributed by atoms with Crippen molar-refractivity contribution in [1.82, 2.24) is 0 Å². The van der Waals surface area contributed by atoms with E-state index in [-0.39, 0.29) is 24.8 Å². The van der Waals surface area contributed by atoms with Crippen molar-refractivity contribution in [2.75, 3.05) is 0 Å². The molecule has 1 fully saturated rings. The van der Waals surface area contributed by atoms with Gasteiger partial charge in [-0.1, -0.05) is 0 Å². The van der Waals surface area contributed by atoms with Crippen LogP contribution in [0.1, 0.15) is 51.4 Å². The van der Waals surface area contributed by atoms with Crippen LogP contribution in [0.15, 0.2) is 46.6 Å². The Kier molecular flexibility index (Phi) is 6.02. The molecule has 0 aromatic rings. The van der Waals surface area contributed by atoms with Crippen LogP contribution in [0.3, 0.4) is 0 Å². The fourth-order valence-electron chi connectivity index (χ4n) is 6.79. The molecule has 1 saturated heterocycles. The van der Waals surface area contributed by atoms with Crippen molar-refractivity contribution in [3.63, 3.8) is 0 Å². The van der Waals surface area contributed by atoms with E-state index in [0.29, 0.717) is 5.59 Å². The Bertz CT molecular complexity index is 713. The molecule has 5 heteroatoms. The first kappa shape index (κ1) is 22.5. The van der Waals surface area contributed by atoms with Crippen molar-refractivity contribution in [2.24, 2.45) is 0 Å². The van der Waals surface area contributed by atoms with Crippen LogP contribution in [0.5, 0.6) is 0 Å². The van der Waals surface area contributed by atoms with Crippen molar-refractivity contribution in [2.45, 2.75) is 83.1 Å². The van der Waals surface area contributed by atoms with Gasteiger partial charge < -0.3 is 24.8 Å². The normalized spacial score (nSPS) is 36.9. The van der Waals surface area contributed by atoms with Crippen molar-refractivity contribution >= 4 is 15.2 Å². The zero-order valence-corrected chi connectivity index (χ0v) is 24.3. The van der Waals surface area contributed by atoms with Crippen molar-refractivity contribution in [1.29, 1.82) is 0 Å². The molecule has 27 heavy (non-hydrogen) atoms. The van der Waals surface area contributed by atoms with Gasteiger partial charge in [0.2, 0.25) is 0 Å². The van der Waals surface area contributed by atoms with Crippen LogP contribution in [0, 0.1) is 0 Å². The van der Waals surface area contributed by atoms with E-state index in [1.807, 2.05) is 11.1 Å². The van der Waals surface area contributed by atoms with Gasteiger partial charge >= 0.3 is 168 Å². The van der Waals surface area contributed by atoms with Crippen LogP contribution in [-0.4, -0.2) is 15.2 Å². The summed E-state index contributed by atoms with van der Waals surface area (Å²) in [7, 11) is -2.62. The van der Waals surface area contributed by atoms with Crippen LogP contribution >= 0.6 is 0 Å². The molecule has 0 nitrogen and oxygen atoms in total. The second kappa shape index (κ2) is 7.22. The average Bonchev–Trinajstić information content (AvgIpc) is 3.20. The summed E-state index contributed by atoms with van der Waals surface area (Å²) in [5, 5.41) is 0. The van der Waals surface area contributed by atoms with Crippen LogP contribution < -0.4 is 24.8 Å². The molecule has 0 saturated carbocycles. The second-order valence-electron chi connectivity index (χ2n) is 10.1. The van der Waals surface area contributed by atoms with Gasteiger partial charge in [0.15, 0.2) is 0 Å². The zero-order chi connectivity index (χ0) is 17.5. The van der Waals surface area contributed by atoms with Crippen LogP contribution in [0.25, 0.3) is 0 Å². The third kappa shape index (κ3) is 2.60. The molecule has 1 aliphatic heterocycles. The molecule has 4 aliphatic carbocycles. The summed E-state index contributed by atoms with van der Waals surface area (Å²) in [4.78, 5) is 0. The predicted octanol–water partition coefficient (Wildman–Crippen LogP) is 0.862. The first-order valence-corrected chi connectivity index (χ1v) is 21.1. The Morgan fingerprint density at radius 3 is 1.44 bits per heavy atom. The summed E-state index contributed by atoms with van der Waals surface area (Å²) in [6.07, 6.45) is 22.4. The molecule has 5 rings (SSSR count). The van der Waals surface area contributed by atoms with Gasteiger partial charge in [0, 0.05) is 0 Å². The molecule has 146 valence electrons. The number of allylic oxidation sites excluding steroid dienone is 8. The van der Waals surface area contributed by atoms with Gasteiger partial charge in [-0.15, -0.1) is 0 Å². The Balaban J connectivity index is 0.00000105. The van der Waals surface area contributed by atoms with Crippen LogP contribution in [0.2, 0.25) is 31.8 Å². The molecular formula is C22H32Cl2HfSi2. The first-order chi connectivity index (χ1) is 11.9. The van der Waals surface area contributed by atoms with Crippen molar-refractivity contribution in [3.8, 4) is 0 Å². The fourth-order valence-corrected chi connectivity index (χ4v) is 60.6. The maximum atomic E-state index is 2.84. The van der Waals surface area contributed by atoms with Gasteiger partial charge in [-0.05, 0) is 0 Å². The maximum absolute atomic E-state index is 2.84. The summed E-state index contributed by atoms with van der Waals surface area (Å²) in [5.74, 6) is 0. The number of fused-ring (bicyclic) bond motifs is 2. The molecular weight excluding hydrogens is 570 g/mol. The topological polar surface area (TPSA) is 0 Å². The molecule has 2 spiro atoms. The Morgan fingerprint density at radius 1 is 0.667 bits per heavy atom. The summed E-state index contributed by atoms with van der Waals surface area (Å²) >= 11 is -0.891. The molecule has 0 radical (unpaired) electrons. The van der Waals surface area contributed by atoms with Crippen molar-refractivity contribution < 1.29 is 47.7 Å². The first-order valence-electron chi connectivity index (χ1n) is 10.5. The molecule has 2 atom stereocenters. The number of hydrogen-bond acceptors (Lipinski definition) is 0. The van der Waals surface area contributed by atoms with Crippen LogP contribution in [0.4, 0.5) is 0 Å². The smallest absolute Gasteiger partial charge is 1.00 e. The maximum Gasteiger partial charge on any atom is -1.00 e. The largest absolute Gasteiger partial charge is 1.00 e. The van der Waals surface area contributed by atoms with Crippen LogP contribution in [-0.2, 0) is 22.9 Å². The fraction of sp³-hybridized carbons (Fsp3) is 0.636. The van der Waals surface area contributed by atoms with Gasteiger partial charge in [-0.25, -0.2) is 0 Å². The zero-order valence-electron chi connectivity index (χ0n) is 17.2. The molecule has 2 unspecified atom stereocenters. The number of halogens is 2. The average molecular weight is 602 g/mol. The van der Waals surface area contributed by atoms with Gasteiger partial charge in [-0.3, -0.25) is 0 Å². The van der Waals surface area contributed by atoms with Gasteiger partial charge in [0.25, 0.3) is 0 Å². The molecule has 1 heterocycles. The molecule has 0 N–H and O–H groups in total. The molecule has 0 aromatic carbocycles. The van der Waals surface area contributed by atoms with E-state index in [1.54, 1.807) is 11.1 Å². The monoisotopic (exact) mass is 602 g/mol. The van der Waals surface area contributed by atoms with E-state index in [9.17, 15) is 0 Å². The number of rotatable bonds is 0. The van der Waals surface area contributed by atoms with E-state index < -0.39 is 38.1 Å².